The monoisotopic (exact) mass is 493 g/mol. The molecule has 0 amide bonds. The molecule has 1 aliphatic heterocycles. The van der Waals surface area contributed by atoms with Crippen LogP contribution in [-0.2, 0) is 10.0 Å². The molecule has 0 saturated carbocycles. The van der Waals surface area contributed by atoms with Crippen molar-refractivity contribution in [3.63, 3.8) is 0 Å². The van der Waals surface area contributed by atoms with Gasteiger partial charge in [-0.3, -0.25) is 0 Å². The SMILES string of the molecule is Br.Cc1ccc(Nc2nc(-c3ccc(S(=O)(=O)N4CCCCC4)cc3)cs2)cc1. The summed E-state index contributed by atoms with van der Waals surface area (Å²) in [7, 11) is -3.40. The van der Waals surface area contributed by atoms with Crippen molar-refractivity contribution in [2.75, 3.05) is 18.4 Å². The first kappa shape index (κ1) is 22.0. The molecule has 0 spiro atoms. The van der Waals surface area contributed by atoms with E-state index in [-0.39, 0.29) is 17.0 Å². The van der Waals surface area contributed by atoms with Crippen molar-refractivity contribution in [2.24, 2.45) is 0 Å². The van der Waals surface area contributed by atoms with Crippen LogP contribution in [0.3, 0.4) is 0 Å². The second-order valence-corrected chi connectivity index (χ2v) is 9.81. The molecular formula is C21H24BrN3O2S2. The Morgan fingerprint density at radius 1 is 0.966 bits per heavy atom. The maximum atomic E-state index is 12.8. The molecule has 0 radical (unpaired) electrons. The lowest BCUT2D eigenvalue weighted by Crippen LogP contribution is -2.35. The normalized spacial score (nSPS) is 14.9. The maximum absolute atomic E-state index is 12.8. The standard InChI is InChI=1S/C21H23N3O2S2.BrH/c1-16-5-9-18(10-6-16)22-21-23-20(15-27-21)17-7-11-19(12-8-17)28(25,26)24-13-3-2-4-14-24;/h5-12,15H,2-4,13-14H2,1H3,(H,22,23);1H. The van der Waals surface area contributed by atoms with Gasteiger partial charge in [-0.2, -0.15) is 4.31 Å². The number of aromatic nitrogens is 1. The fourth-order valence-electron chi connectivity index (χ4n) is 3.28. The van der Waals surface area contributed by atoms with E-state index >= 15 is 0 Å². The predicted molar refractivity (Wildman–Crippen MR) is 125 cm³/mol. The van der Waals surface area contributed by atoms with Crippen molar-refractivity contribution >= 4 is 49.2 Å². The van der Waals surface area contributed by atoms with Crippen LogP contribution >= 0.6 is 28.3 Å². The first-order valence-electron chi connectivity index (χ1n) is 9.42. The fourth-order valence-corrected chi connectivity index (χ4v) is 5.53. The first-order valence-corrected chi connectivity index (χ1v) is 11.7. The molecule has 1 N–H and O–H groups in total. The van der Waals surface area contributed by atoms with Gasteiger partial charge in [0.1, 0.15) is 0 Å². The number of anilines is 2. The van der Waals surface area contributed by atoms with Crippen LogP contribution in [0, 0.1) is 6.92 Å². The highest BCUT2D eigenvalue weighted by atomic mass is 79.9. The van der Waals surface area contributed by atoms with E-state index in [1.807, 2.05) is 29.6 Å². The summed E-state index contributed by atoms with van der Waals surface area (Å²) < 4.78 is 27.1. The summed E-state index contributed by atoms with van der Waals surface area (Å²) in [6, 6.07) is 15.2. The van der Waals surface area contributed by atoms with E-state index in [2.05, 4.69) is 29.4 Å². The van der Waals surface area contributed by atoms with Gasteiger partial charge in [0.2, 0.25) is 10.0 Å². The topological polar surface area (TPSA) is 62.3 Å². The highest BCUT2D eigenvalue weighted by Gasteiger charge is 2.25. The molecule has 4 rings (SSSR count). The number of thiazole rings is 1. The Balaban J connectivity index is 0.00000240. The molecule has 0 aliphatic carbocycles. The Bertz CT molecular complexity index is 1040. The quantitative estimate of drug-likeness (QED) is 0.501. The van der Waals surface area contributed by atoms with Gasteiger partial charge in [0, 0.05) is 29.7 Å². The van der Waals surface area contributed by atoms with Gasteiger partial charge in [0.25, 0.3) is 0 Å². The van der Waals surface area contributed by atoms with E-state index < -0.39 is 10.0 Å². The van der Waals surface area contributed by atoms with Crippen LogP contribution in [0.1, 0.15) is 24.8 Å². The van der Waals surface area contributed by atoms with Crippen LogP contribution in [0.25, 0.3) is 11.3 Å². The molecule has 0 bridgehead atoms. The number of sulfonamides is 1. The van der Waals surface area contributed by atoms with Crippen LogP contribution in [0.15, 0.2) is 58.8 Å². The molecule has 1 saturated heterocycles. The van der Waals surface area contributed by atoms with E-state index in [0.29, 0.717) is 18.0 Å². The largest absolute Gasteiger partial charge is 0.332 e. The maximum Gasteiger partial charge on any atom is 0.243 e. The smallest absolute Gasteiger partial charge is 0.243 e. The molecule has 154 valence electrons. The molecule has 1 aromatic heterocycles. The van der Waals surface area contributed by atoms with Crippen LogP contribution in [0.5, 0.6) is 0 Å². The second kappa shape index (κ2) is 9.38. The number of aryl methyl sites for hydroxylation is 1. The number of benzene rings is 2. The number of hydrogen-bond donors (Lipinski definition) is 1. The van der Waals surface area contributed by atoms with Crippen molar-refractivity contribution in [1.29, 1.82) is 0 Å². The summed E-state index contributed by atoms with van der Waals surface area (Å²) in [4.78, 5) is 4.98. The molecule has 1 fully saturated rings. The number of nitrogens with one attached hydrogen (secondary N) is 1. The van der Waals surface area contributed by atoms with Crippen LogP contribution in [0.4, 0.5) is 10.8 Å². The van der Waals surface area contributed by atoms with Crippen molar-refractivity contribution in [2.45, 2.75) is 31.1 Å². The summed E-state index contributed by atoms with van der Waals surface area (Å²) in [6.07, 6.45) is 2.98. The number of rotatable bonds is 5. The predicted octanol–water partition coefficient (Wildman–Crippen LogP) is 5.61. The number of piperidine rings is 1. The van der Waals surface area contributed by atoms with Gasteiger partial charge in [0.15, 0.2) is 5.13 Å². The third kappa shape index (κ3) is 5.06. The fraction of sp³-hybridized carbons (Fsp3) is 0.286. The molecule has 3 aromatic rings. The number of halogens is 1. The van der Waals surface area contributed by atoms with Gasteiger partial charge < -0.3 is 5.32 Å². The molecule has 2 aromatic carbocycles. The number of nitrogens with zero attached hydrogens (tertiary/aromatic N) is 2. The summed E-state index contributed by atoms with van der Waals surface area (Å²) in [5, 5.41) is 6.09. The zero-order chi connectivity index (χ0) is 19.6. The van der Waals surface area contributed by atoms with Crippen molar-refractivity contribution in [3.05, 3.63) is 59.5 Å². The summed E-state index contributed by atoms with van der Waals surface area (Å²) in [5.74, 6) is 0. The van der Waals surface area contributed by atoms with Crippen molar-refractivity contribution in [3.8, 4) is 11.3 Å². The third-order valence-electron chi connectivity index (χ3n) is 4.91. The minimum atomic E-state index is -3.40. The minimum absolute atomic E-state index is 0. The van der Waals surface area contributed by atoms with Crippen LogP contribution in [0.2, 0.25) is 0 Å². The average molecular weight is 494 g/mol. The molecule has 8 heteroatoms. The molecule has 2 heterocycles. The summed E-state index contributed by atoms with van der Waals surface area (Å²) in [6.45, 7) is 3.29. The highest BCUT2D eigenvalue weighted by molar-refractivity contribution is 8.93. The van der Waals surface area contributed by atoms with E-state index in [9.17, 15) is 8.42 Å². The lowest BCUT2D eigenvalue weighted by molar-refractivity contribution is 0.346. The zero-order valence-corrected chi connectivity index (χ0v) is 19.5. The van der Waals surface area contributed by atoms with Crippen molar-refractivity contribution in [1.82, 2.24) is 9.29 Å². The van der Waals surface area contributed by atoms with Crippen molar-refractivity contribution < 1.29 is 8.42 Å². The highest BCUT2D eigenvalue weighted by Crippen LogP contribution is 2.29. The van der Waals surface area contributed by atoms with E-state index in [0.717, 1.165) is 41.3 Å². The van der Waals surface area contributed by atoms with Gasteiger partial charge >= 0.3 is 0 Å². The Morgan fingerprint density at radius 2 is 1.62 bits per heavy atom. The van der Waals surface area contributed by atoms with Gasteiger partial charge in [-0.15, -0.1) is 28.3 Å². The zero-order valence-electron chi connectivity index (χ0n) is 16.2. The number of hydrogen-bond acceptors (Lipinski definition) is 5. The summed E-state index contributed by atoms with van der Waals surface area (Å²) in [5.41, 5.74) is 3.95. The van der Waals surface area contributed by atoms with E-state index in [4.69, 9.17) is 0 Å². The molecule has 0 unspecified atom stereocenters. The Morgan fingerprint density at radius 3 is 2.28 bits per heavy atom. The Kier molecular flexibility index (Phi) is 7.10. The minimum Gasteiger partial charge on any atom is -0.332 e. The van der Waals surface area contributed by atoms with E-state index in [1.54, 1.807) is 16.4 Å². The molecule has 29 heavy (non-hydrogen) atoms. The molecule has 5 nitrogen and oxygen atoms in total. The molecule has 0 atom stereocenters. The van der Waals surface area contributed by atoms with E-state index in [1.165, 1.54) is 16.9 Å². The van der Waals surface area contributed by atoms with Gasteiger partial charge in [-0.25, -0.2) is 13.4 Å². The molecular weight excluding hydrogens is 470 g/mol. The summed E-state index contributed by atoms with van der Waals surface area (Å²) >= 11 is 1.53. The lowest BCUT2D eigenvalue weighted by Gasteiger charge is -2.25. The first-order chi connectivity index (χ1) is 13.5. The molecule has 1 aliphatic rings. The Hall–Kier alpha value is -1.74. The van der Waals surface area contributed by atoms with Gasteiger partial charge in [0.05, 0.1) is 10.6 Å². The third-order valence-corrected chi connectivity index (χ3v) is 7.58. The van der Waals surface area contributed by atoms with Crippen LogP contribution < -0.4 is 5.32 Å². The Labute approximate surface area is 186 Å². The van der Waals surface area contributed by atoms with Crippen LogP contribution in [-0.4, -0.2) is 30.8 Å². The van der Waals surface area contributed by atoms with Gasteiger partial charge in [-0.05, 0) is 44.0 Å². The van der Waals surface area contributed by atoms with Gasteiger partial charge in [-0.1, -0.05) is 36.2 Å². The lowest BCUT2D eigenvalue weighted by atomic mass is 10.2. The second-order valence-electron chi connectivity index (χ2n) is 7.02. The average Bonchev–Trinajstić information content (AvgIpc) is 3.19.